The van der Waals surface area contributed by atoms with E-state index >= 15 is 0 Å². The van der Waals surface area contributed by atoms with Crippen molar-refractivity contribution in [3.05, 3.63) is 72.3 Å². The summed E-state index contributed by atoms with van der Waals surface area (Å²) in [7, 11) is -3.72. The number of hydrogen-bond donors (Lipinski definition) is 1. The van der Waals surface area contributed by atoms with E-state index in [9.17, 15) is 26.8 Å². The predicted molar refractivity (Wildman–Crippen MR) is 121 cm³/mol. The first kappa shape index (κ1) is 22.6. The lowest BCUT2D eigenvalue weighted by Crippen LogP contribution is -3.19. The molecule has 1 atom stereocenters. The molecular weight excluding hydrogens is 464 g/mol. The van der Waals surface area contributed by atoms with Crippen molar-refractivity contribution >= 4 is 38.3 Å². The van der Waals surface area contributed by atoms with Crippen LogP contribution in [0.15, 0.2) is 65.6 Å². The largest absolute Gasteiger partial charge is 0.322 e. The minimum absolute atomic E-state index is 0.109. The summed E-state index contributed by atoms with van der Waals surface area (Å²) < 4.78 is 55.2. The highest BCUT2D eigenvalue weighted by Crippen LogP contribution is 2.26. The second kappa shape index (κ2) is 8.53. The third-order valence-corrected chi connectivity index (χ3v) is 8.41. The van der Waals surface area contributed by atoms with E-state index < -0.39 is 39.5 Å². The lowest BCUT2D eigenvalue weighted by atomic mass is 10.1. The number of anilines is 1. The lowest BCUT2D eigenvalue weighted by Gasteiger charge is -2.33. The maximum Gasteiger partial charge on any atom is 0.292 e. The first-order chi connectivity index (χ1) is 16.3. The molecule has 2 fully saturated rings. The zero-order chi connectivity index (χ0) is 24.0. The van der Waals surface area contributed by atoms with Gasteiger partial charge in [-0.3, -0.25) is 9.59 Å². The molecule has 0 bridgehead atoms. The molecule has 2 saturated heterocycles. The van der Waals surface area contributed by atoms with Crippen LogP contribution in [0.5, 0.6) is 0 Å². The maximum atomic E-state index is 14.2. The standard InChI is InChI=1S/C24H21F2N3O4S/c25-18-6-8-21(20(26)14-18)29-23(30)15-22(24(29)31)27-9-11-28(12-10-27)34(32,33)19-7-5-16-3-1-2-4-17(16)13-19/h1-8,13-14,22H,9-12,15H2/p+1/t22-/m1/s1. The van der Waals surface area contributed by atoms with Crippen molar-refractivity contribution in [3.63, 3.8) is 0 Å². The van der Waals surface area contributed by atoms with Crippen LogP contribution < -0.4 is 9.80 Å². The summed E-state index contributed by atoms with van der Waals surface area (Å²) in [6.45, 7) is 1.03. The van der Waals surface area contributed by atoms with Crippen molar-refractivity contribution in [2.24, 2.45) is 0 Å². The number of quaternary nitrogens is 1. The Labute approximate surface area is 195 Å². The number of imide groups is 1. The topological polar surface area (TPSA) is 79.2 Å². The van der Waals surface area contributed by atoms with E-state index in [1.54, 1.807) is 18.2 Å². The fourth-order valence-electron chi connectivity index (χ4n) is 4.71. The van der Waals surface area contributed by atoms with Gasteiger partial charge in [-0.25, -0.2) is 22.1 Å². The van der Waals surface area contributed by atoms with E-state index in [0.717, 1.165) is 32.7 Å². The van der Waals surface area contributed by atoms with Crippen LogP contribution in [-0.2, 0) is 19.6 Å². The number of piperazine rings is 1. The quantitative estimate of drug-likeness (QED) is 0.565. The third kappa shape index (κ3) is 3.87. The number of amides is 2. The molecule has 2 heterocycles. The average Bonchev–Trinajstić information content (AvgIpc) is 3.12. The van der Waals surface area contributed by atoms with Gasteiger partial charge in [-0.1, -0.05) is 30.3 Å². The molecule has 0 aromatic heterocycles. The summed E-state index contributed by atoms with van der Waals surface area (Å²) in [5.74, 6) is -2.90. The summed E-state index contributed by atoms with van der Waals surface area (Å²) in [6, 6.07) is 14.5. The van der Waals surface area contributed by atoms with Gasteiger partial charge in [0.25, 0.3) is 5.91 Å². The number of halogens is 2. The number of carbonyl (C=O) groups is 2. The molecule has 0 unspecified atom stereocenters. The molecule has 0 spiro atoms. The van der Waals surface area contributed by atoms with Crippen LogP contribution in [0.2, 0.25) is 0 Å². The summed E-state index contributed by atoms with van der Waals surface area (Å²) in [5, 5.41) is 1.78. The van der Waals surface area contributed by atoms with Gasteiger partial charge < -0.3 is 4.90 Å². The fourth-order valence-corrected chi connectivity index (χ4v) is 6.18. The molecule has 0 aliphatic carbocycles. The molecule has 0 saturated carbocycles. The molecule has 2 amide bonds. The van der Waals surface area contributed by atoms with Gasteiger partial charge in [-0.05, 0) is 35.0 Å². The van der Waals surface area contributed by atoms with Crippen LogP contribution in [0.25, 0.3) is 10.8 Å². The van der Waals surface area contributed by atoms with E-state index in [1.165, 1.54) is 4.31 Å². The molecule has 3 aromatic carbocycles. The van der Waals surface area contributed by atoms with Crippen LogP contribution in [0.3, 0.4) is 0 Å². The van der Waals surface area contributed by atoms with Crippen molar-refractivity contribution in [1.29, 1.82) is 0 Å². The Morgan fingerprint density at radius 1 is 0.882 bits per heavy atom. The molecule has 176 valence electrons. The third-order valence-electron chi connectivity index (χ3n) is 6.51. The fraction of sp³-hybridized carbons (Fsp3) is 0.250. The van der Waals surface area contributed by atoms with Gasteiger partial charge in [-0.15, -0.1) is 0 Å². The number of fused-ring (bicyclic) bond motifs is 1. The summed E-state index contributed by atoms with van der Waals surface area (Å²) in [5.41, 5.74) is -0.268. The second-order valence-electron chi connectivity index (χ2n) is 8.49. The number of rotatable bonds is 4. The summed E-state index contributed by atoms with van der Waals surface area (Å²) in [6.07, 6.45) is -0.109. The molecule has 0 radical (unpaired) electrons. The van der Waals surface area contributed by atoms with Gasteiger partial charge >= 0.3 is 0 Å². The molecule has 10 heteroatoms. The van der Waals surface area contributed by atoms with Crippen molar-refractivity contribution in [3.8, 4) is 0 Å². The monoisotopic (exact) mass is 486 g/mol. The van der Waals surface area contributed by atoms with Crippen LogP contribution >= 0.6 is 0 Å². The zero-order valence-electron chi connectivity index (χ0n) is 18.1. The molecule has 1 N–H and O–H groups in total. The van der Waals surface area contributed by atoms with Crippen molar-refractivity contribution in [1.82, 2.24) is 4.31 Å². The molecule has 2 aliphatic rings. The lowest BCUT2D eigenvalue weighted by molar-refractivity contribution is -0.918. The Morgan fingerprint density at radius 2 is 1.59 bits per heavy atom. The zero-order valence-corrected chi connectivity index (χ0v) is 18.9. The van der Waals surface area contributed by atoms with Gasteiger partial charge in [0.05, 0.1) is 43.2 Å². The van der Waals surface area contributed by atoms with E-state index in [2.05, 4.69) is 0 Å². The van der Waals surface area contributed by atoms with Gasteiger partial charge in [-0.2, -0.15) is 4.31 Å². The SMILES string of the molecule is O=C1C[C@@H]([NH+]2CCN(S(=O)(=O)c3ccc4ccccc4c3)CC2)C(=O)N1c1ccc(F)cc1F. The van der Waals surface area contributed by atoms with E-state index in [0.29, 0.717) is 19.2 Å². The van der Waals surface area contributed by atoms with Crippen molar-refractivity contribution < 1.29 is 31.7 Å². The first-order valence-corrected chi connectivity index (χ1v) is 12.3. The van der Waals surface area contributed by atoms with E-state index in [-0.39, 0.29) is 30.1 Å². The summed E-state index contributed by atoms with van der Waals surface area (Å²) >= 11 is 0. The Bertz CT molecular complexity index is 1400. The molecule has 3 aromatic rings. The minimum Gasteiger partial charge on any atom is -0.322 e. The number of nitrogens with one attached hydrogen (secondary N) is 1. The highest BCUT2D eigenvalue weighted by Gasteiger charge is 2.47. The normalized spacial score (nSPS) is 20.4. The Balaban J connectivity index is 1.30. The Morgan fingerprint density at radius 3 is 2.29 bits per heavy atom. The van der Waals surface area contributed by atoms with Crippen molar-refractivity contribution in [2.75, 3.05) is 31.1 Å². The molecule has 34 heavy (non-hydrogen) atoms. The molecule has 7 nitrogen and oxygen atoms in total. The van der Waals surface area contributed by atoms with Crippen LogP contribution in [0, 0.1) is 11.6 Å². The number of benzene rings is 3. The highest BCUT2D eigenvalue weighted by atomic mass is 32.2. The van der Waals surface area contributed by atoms with E-state index in [4.69, 9.17) is 0 Å². The number of hydrogen-bond acceptors (Lipinski definition) is 4. The van der Waals surface area contributed by atoms with Crippen LogP contribution in [0.1, 0.15) is 6.42 Å². The number of carbonyl (C=O) groups excluding carboxylic acids is 2. The number of sulfonamides is 1. The molecular formula is C24H22F2N3O4S+. The predicted octanol–water partition coefficient (Wildman–Crippen LogP) is 1.34. The van der Waals surface area contributed by atoms with Gasteiger partial charge in [0, 0.05) is 6.07 Å². The van der Waals surface area contributed by atoms with Crippen LogP contribution in [0.4, 0.5) is 14.5 Å². The van der Waals surface area contributed by atoms with Gasteiger partial charge in [0.1, 0.15) is 11.6 Å². The van der Waals surface area contributed by atoms with E-state index in [1.807, 2.05) is 24.3 Å². The Kier molecular flexibility index (Phi) is 5.67. The second-order valence-corrected chi connectivity index (χ2v) is 10.4. The molecule has 2 aliphatic heterocycles. The smallest absolute Gasteiger partial charge is 0.292 e. The van der Waals surface area contributed by atoms with Crippen molar-refractivity contribution in [2.45, 2.75) is 17.4 Å². The highest BCUT2D eigenvalue weighted by molar-refractivity contribution is 7.89. The maximum absolute atomic E-state index is 14.2. The summed E-state index contributed by atoms with van der Waals surface area (Å²) in [4.78, 5) is 27.2. The van der Waals surface area contributed by atoms with Gasteiger partial charge in [0.2, 0.25) is 15.9 Å². The first-order valence-electron chi connectivity index (χ1n) is 10.9. The Hall–Kier alpha value is -3.21. The average molecular weight is 487 g/mol. The minimum atomic E-state index is -3.72. The van der Waals surface area contributed by atoms with Gasteiger partial charge in [0.15, 0.2) is 6.04 Å². The van der Waals surface area contributed by atoms with Crippen LogP contribution in [-0.4, -0.2) is 56.8 Å². The molecule has 5 rings (SSSR count). The number of nitrogens with zero attached hydrogens (tertiary/aromatic N) is 2.